The zero-order valence-corrected chi connectivity index (χ0v) is 7.05. The molecule has 1 heterocycles. The van der Waals surface area contributed by atoms with Crippen molar-refractivity contribution in [1.82, 2.24) is 5.32 Å². The van der Waals surface area contributed by atoms with Crippen molar-refractivity contribution < 1.29 is 0 Å². The van der Waals surface area contributed by atoms with Crippen molar-refractivity contribution in [1.29, 1.82) is 0 Å². The predicted octanol–water partition coefficient (Wildman–Crippen LogP) is 1.93. The summed E-state index contributed by atoms with van der Waals surface area (Å²) in [6.07, 6.45) is 9.03. The van der Waals surface area contributed by atoms with E-state index in [2.05, 4.69) is 5.32 Å². The van der Waals surface area contributed by atoms with Crippen molar-refractivity contribution in [3.05, 3.63) is 0 Å². The molecular formula is C10H17N. The third-order valence-corrected chi connectivity index (χ3v) is 3.78. The molecule has 0 spiro atoms. The molecular weight excluding hydrogens is 134 g/mol. The average Bonchev–Trinajstić information content (AvgIpc) is 2.61. The molecule has 0 radical (unpaired) electrons. The Morgan fingerprint density at radius 2 is 2.00 bits per heavy atom. The van der Waals surface area contributed by atoms with Crippen LogP contribution in [0.1, 0.15) is 38.5 Å². The molecule has 62 valence electrons. The topological polar surface area (TPSA) is 12.0 Å². The highest BCUT2D eigenvalue weighted by Crippen LogP contribution is 2.42. The van der Waals surface area contributed by atoms with E-state index >= 15 is 0 Å². The third kappa shape index (κ3) is 1.10. The number of piperidine rings is 1. The monoisotopic (exact) mass is 151 g/mol. The molecule has 2 bridgehead atoms. The van der Waals surface area contributed by atoms with E-state index < -0.39 is 0 Å². The van der Waals surface area contributed by atoms with Gasteiger partial charge < -0.3 is 5.32 Å². The van der Waals surface area contributed by atoms with Gasteiger partial charge in [0.1, 0.15) is 0 Å². The first-order chi connectivity index (χ1) is 5.42. The second kappa shape index (κ2) is 2.22. The maximum absolute atomic E-state index is 3.76. The zero-order chi connectivity index (χ0) is 7.26. The highest BCUT2D eigenvalue weighted by atomic mass is 15.0. The maximum atomic E-state index is 3.76. The molecule has 0 aromatic rings. The number of hydrogen-bond acceptors (Lipinski definition) is 1. The van der Waals surface area contributed by atoms with Gasteiger partial charge in [0.05, 0.1) is 0 Å². The van der Waals surface area contributed by atoms with Gasteiger partial charge in [-0.1, -0.05) is 12.8 Å². The first-order valence-corrected chi connectivity index (χ1v) is 5.18. The minimum absolute atomic E-state index is 0.920. The largest absolute Gasteiger partial charge is 0.311 e. The van der Waals surface area contributed by atoms with Gasteiger partial charge in [0.25, 0.3) is 0 Å². The third-order valence-electron chi connectivity index (χ3n) is 3.78. The fraction of sp³-hybridized carbons (Fsp3) is 1.00. The van der Waals surface area contributed by atoms with Gasteiger partial charge in [-0.3, -0.25) is 0 Å². The van der Waals surface area contributed by atoms with Crippen molar-refractivity contribution in [2.45, 2.75) is 50.6 Å². The molecule has 3 unspecified atom stereocenters. The molecule has 0 aromatic heterocycles. The van der Waals surface area contributed by atoms with E-state index in [0.29, 0.717) is 0 Å². The van der Waals surface area contributed by atoms with Crippen LogP contribution in [-0.2, 0) is 0 Å². The molecule has 2 saturated carbocycles. The summed E-state index contributed by atoms with van der Waals surface area (Å²) < 4.78 is 0. The van der Waals surface area contributed by atoms with Crippen molar-refractivity contribution in [3.8, 4) is 0 Å². The van der Waals surface area contributed by atoms with Gasteiger partial charge >= 0.3 is 0 Å². The summed E-state index contributed by atoms with van der Waals surface area (Å²) in [6, 6.07) is 1.85. The first kappa shape index (κ1) is 6.47. The Labute approximate surface area is 68.6 Å². The van der Waals surface area contributed by atoms with E-state index in [9.17, 15) is 0 Å². The number of nitrogens with one attached hydrogen (secondary N) is 1. The van der Waals surface area contributed by atoms with Crippen LogP contribution in [0.25, 0.3) is 0 Å². The lowest BCUT2D eigenvalue weighted by atomic mass is 9.95. The molecule has 0 amide bonds. The van der Waals surface area contributed by atoms with Crippen molar-refractivity contribution in [2.24, 2.45) is 11.8 Å². The van der Waals surface area contributed by atoms with Gasteiger partial charge in [-0.25, -0.2) is 0 Å². The lowest BCUT2D eigenvalue weighted by Crippen LogP contribution is -2.35. The van der Waals surface area contributed by atoms with Gasteiger partial charge in [-0.2, -0.15) is 0 Å². The van der Waals surface area contributed by atoms with Crippen LogP contribution >= 0.6 is 0 Å². The van der Waals surface area contributed by atoms with E-state index in [4.69, 9.17) is 0 Å². The molecule has 11 heavy (non-hydrogen) atoms. The normalized spacial score (nSPS) is 48.5. The summed E-state index contributed by atoms with van der Waals surface area (Å²) in [5.41, 5.74) is 0. The number of fused-ring (bicyclic) bond motifs is 2. The van der Waals surface area contributed by atoms with Crippen LogP contribution in [0, 0.1) is 11.8 Å². The molecule has 1 N–H and O–H groups in total. The first-order valence-electron chi connectivity index (χ1n) is 5.18. The second-order valence-corrected chi connectivity index (χ2v) is 4.72. The van der Waals surface area contributed by atoms with Crippen LogP contribution in [0.15, 0.2) is 0 Å². The Morgan fingerprint density at radius 1 is 1.09 bits per heavy atom. The summed E-state index contributed by atoms with van der Waals surface area (Å²) in [5.74, 6) is 2.19. The van der Waals surface area contributed by atoms with Gasteiger partial charge in [0, 0.05) is 12.1 Å². The van der Waals surface area contributed by atoms with E-state index in [1.54, 1.807) is 0 Å². The summed E-state index contributed by atoms with van der Waals surface area (Å²) in [7, 11) is 0. The standard InChI is InChI=1S/C10H17N/c1-2-7(1)5-10-8-3-4-9(6-8)11-10/h7-11H,1-6H2. The Hall–Kier alpha value is -0.0400. The van der Waals surface area contributed by atoms with Crippen LogP contribution in [0.2, 0.25) is 0 Å². The smallest absolute Gasteiger partial charge is 0.0101 e. The zero-order valence-electron chi connectivity index (χ0n) is 7.05. The van der Waals surface area contributed by atoms with Crippen LogP contribution < -0.4 is 5.32 Å². The fourth-order valence-corrected chi connectivity index (χ4v) is 2.95. The minimum Gasteiger partial charge on any atom is -0.311 e. The van der Waals surface area contributed by atoms with Gasteiger partial charge in [0.2, 0.25) is 0 Å². The van der Waals surface area contributed by atoms with Gasteiger partial charge in [0.15, 0.2) is 0 Å². The van der Waals surface area contributed by atoms with Crippen LogP contribution in [0.5, 0.6) is 0 Å². The highest BCUT2D eigenvalue weighted by Gasteiger charge is 2.40. The maximum Gasteiger partial charge on any atom is 0.0101 e. The molecule has 1 nitrogen and oxygen atoms in total. The van der Waals surface area contributed by atoms with Gasteiger partial charge in [-0.05, 0) is 37.5 Å². The molecule has 1 heteroatoms. The highest BCUT2D eigenvalue weighted by molar-refractivity contribution is 4.98. The van der Waals surface area contributed by atoms with Crippen molar-refractivity contribution in [3.63, 3.8) is 0 Å². The van der Waals surface area contributed by atoms with Crippen LogP contribution in [0.4, 0.5) is 0 Å². The number of hydrogen-bond donors (Lipinski definition) is 1. The van der Waals surface area contributed by atoms with E-state index in [0.717, 1.165) is 23.9 Å². The lowest BCUT2D eigenvalue weighted by molar-refractivity contribution is 0.350. The number of rotatable bonds is 2. The fourth-order valence-electron chi connectivity index (χ4n) is 2.95. The van der Waals surface area contributed by atoms with Crippen molar-refractivity contribution >= 4 is 0 Å². The lowest BCUT2D eigenvalue weighted by Gasteiger charge is -2.22. The molecule has 3 rings (SSSR count). The van der Waals surface area contributed by atoms with Crippen LogP contribution in [0.3, 0.4) is 0 Å². The molecule has 3 fully saturated rings. The average molecular weight is 151 g/mol. The molecule has 3 atom stereocenters. The van der Waals surface area contributed by atoms with Crippen molar-refractivity contribution in [2.75, 3.05) is 0 Å². The van der Waals surface area contributed by atoms with Crippen LogP contribution in [-0.4, -0.2) is 12.1 Å². The Morgan fingerprint density at radius 3 is 2.55 bits per heavy atom. The van der Waals surface area contributed by atoms with E-state index in [1.165, 1.54) is 38.5 Å². The summed E-state index contributed by atoms with van der Waals surface area (Å²) in [6.45, 7) is 0. The SMILES string of the molecule is C1CC1CC1NC2CCC1C2. The quantitative estimate of drug-likeness (QED) is 0.636. The Kier molecular flexibility index (Phi) is 1.31. The Balaban J connectivity index is 1.62. The summed E-state index contributed by atoms with van der Waals surface area (Å²) in [4.78, 5) is 0. The molecule has 0 aromatic carbocycles. The Bertz CT molecular complexity index is 162. The van der Waals surface area contributed by atoms with Gasteiger partial charge in [-0.15, -0.1) is 0 Å². The summed E-state index contributed by atoms with van der Waals surface area (Å²) in [5, 5.41) is 3.76. The second-order valence-electron chi connectivity index (χ2n) is 4.72. The summed E-state index contributed by atoms with van der Waals surface area (Å²) >= 11 is 0. The minimum atomic E-state index is 0.920. The predicted molar refractivity (Wildman–Crippen MR) is 45.4 cm³/mol. The van der Waals surface area contributed by atoms with E-state index in [-0.39, 0.29) is 0 Å². The molecule has 1 saturated heterocycles. The van der Waals surface area contributed by atoms with E-state index in [1.807, 2.05) is 0 Å². The molecule has 2 aliphatic carbocycles. The molecule has 3 aliphatic rings. The molecule has 1 aliphatic heterocycles.